The van der Waals surface area contributed by atoms with Crippen molar-refractivity contribution in [3.05, 3.63) is 35.6 Å². The summed E-state index contributed by atoms with van der Waals surface area (Å²) in [6.07, 6.45) is 4.75. The fraction of sp³-hybridized carbons (Fsp3) is 0.400. The Bertz CT molecular complexity index is 698. The van der Waals surface area contributed by atoms with E-state index < -0.39 is 5.97 Å². The lowest BCUT2D eigenvalue weighted by atomic mass is 10.1. The Balaban J connectivity index is 1.78. The molecule has 0 atom stereocenters. The molecule has 0 unspecified atom stereocenters. The van der Waals surface area contributed by atoms with Crippen LogP contribution in [0.4, 0.5) is 6.01 Å². The summed E-state index contributed by atoms with van der Waals surface area (Å²) in [5.41, 5.74) is 0.534. The zero-order valence-corrected chi connectivity index (χ0v) is 12.4. The maximum Gasteiger partial charge on any atom is 0.360 e. The van der Waals surface area contributed by atoms with E-state index in [1.54, 1.807) is 13.0 Å². The van der Waals surface area contributed by atoms with Crippen molar-refractivity contribution in [2.45, 2.75) is 25.7 Å². The molecule has 0 bridgehead atoms. The first-order valence-corrected chi connectivity index (χ1v) is 7.10. The molecule has 1 aliphatic rings. The third kappa shape index (κ3) is 2.61. The molecule has 1 fully saturated rings. The third-order valence-corrected chi connectivity index (χ3v) is 3.44. The second-order valence-electron chi connectivity index (χ2n) is 5.07. The number of carbonyl (C=O) groups excluding carboxylic acids is 2. The molecule has 2 aromatic rings. The molecule has 1 amide bonds. The lowest BCUT2D eigenvalue weighted by Gasteiger charge is -2.12. The minimum absolute atomic E-state index is 0.0334. The van der Waals surface area contributed by atoms with Gasteiger partial charge in [-0.05, 0) is 25.8 Å². The Morgan fingerprint density at radius 1 is 1.41 bits per heavy atom. The molecule has 7 nitrogen and oxygen atoms in total. The number of oxazole rings is 1. The highest BCUT2D eigenvalue weighted by Gasteiger charge is 2.33. The van der Waals surface area contributed by atoms with Crippen LogP contribution in [0.2, 0.25) is 0 Å². The SMILES string of the molecule is CCOC(=O)c1coc(N(C)C(=O)c2ccoc2C2CC2)n1. The number of rotatable bonds is 5. The van der Waals surface area contributed by atoms with E-state index in [-0.39, 0.29) is 24.2 Å². The summed E-state index contributed by atoms with van der Waals surface area (Å²) >= 11 is 0. The predicted molar refractivity (Wildman–Crippen MR) is 75.9 cm³/mol. The Morgan fingerprint density at radius 2 is 2.18 bits per heavy atom. The quantitative estimate of drug-likeness (QED) is 0.789. The third-order valence-electron chi connectivity index (χ3n) is 3.44. The van der Waals surface area contributed by atoms with Crippen LogP contribution in [0, 0.1) is 0 Å². The van der Waals surface area contributed by atoms with Crippen LogP contribution in [0.3, 0.4) is 0 Å². The lowest BCUT2D eigenvalue weighted by Crippen LogP contribution is -2.27. The van der Waals surface area contributed by atoms with E-state index in [1.807, 2.05) is 0 Å². The molecule has 0 N–H and O–H groups in total. The number of carbonyl (C=O) groups is 2. The zero-order valence-electron chi connectivity index (χ0n) is 12.4. The number of anilines is 1. The summed E-state index contributed by atoms with van der Waals surface area (Å²) in [5, 5.41) is 0. The van der Waals surface area contributed by atoms with Crippen molar-refractivity contribution in [3.8, 4) is 0 Å². The van der Waals surface area contributed by atoms with Gasteiger partial charge in [-0.1, -0.05) is 0 Å². The first-order valence-electron chi connectivity index (χ1n) is 7.10. The minimum Gasteiger partial charge on any atom is -0.468 e. The summed E-state index contributed by atoms with van der Waals surface area (Å²) in [6, 6.07) is 1.68. The van der Waals surface area contributed by atoms with Crippen LogP contribution >= 0.6 is 0 Å². The molecule has 0 spiro atoms. The van der Waals surface area contributed by atoms with E-state index in [1.165, 1.54) is 24.5 Å². The van der Waals surface area contributed by atoms with Gasteiger partial charge in [-0.3, -0.25) is 9.69 Å². The van der Waals surface area contributed by atoms with Gasteiger partial charge in [-0.15, -0.1) is 0 Å². The summed E-state index contributed by atoms with van der Waals surface area (Å²) in [5.74, 6) is 0.157. The fourth-order valence-corrected chi connectivity index (χ4v) is 2.14. The topological polar surface area (TPSA) is 85.8 Å². The van der Waals surface area contributed by atoms with Gasteiger partial charge >= 0.3 is 12.0 Å². The van der Waals surface area contributed by atoms with Gasteiger partial charge in [-0.2, -0.15) is 4.98 Å². The number of hydrogen-bond donors (Lipinski definition) is 0. The van der Waals surface area contributed by atoms with Crippen molar-refractivity contribution in [2.24, 2.45) is 0 Å². The highest BCUT2D eigenvalue weighted by molar-refractivity contribution is 6.05. The molecule has 1 saturated carbocycles. The molecule has 0 saturated heterocycles. The Hall–Kier alpha value is -2.57. The van der Waals surface area contributed by atoms with Crippen LogP contribution in [0.1, 0.15) is 52.3 Å². The van der Waals surface area contributed by atoms with E-state index >= 15 is 0 Å². The predicted octanol–water partition coefficient (Wildman–Crippen LogP) is 2.60. The smallest absolute Gasteiger partial charge is 0.360 e. The Morgan fingerprint density at radius 3 is 2.86 bits per heavy atom. The average molecular weight is 304 g/mol. The van der Waals surface area contributed by atoms with Crippen molar-refractivity contribution < 1.29 is 23.2 Å². The minimum atomic E-state index is -0.583. The molecule has 2 heterocycles. The standard InChI is InChI=1S/C15H16N2O5/c1-3-20-14(19)11-8-22-15(16-11)17(2)13(18)10-6-7-21-12(10)9-4-5-9/h6-9H,3-5H2,1-2H3. The van der Waals surface area contributed by atoms with Gasteiger partial charge in [0.2, 0.25) is 0 Å². The van der Waals surface area contributed by atoms with E-state index in [0.717, 1.165) is 12.8 Å². The van der Waals surface area contributed by atoms with Crippen molar-refractivity contribution in [2.75, 3.05) is 18.6 Å². The maximum absolute atomic E-state index is 12.5. The molecule has 0 aromatic carbocycles. The second kappa shape index (κ2) is 5.67. The first kappa shape index (κ1) is 14.4. The van der Waals surface area contributed by atoms with Crippen molar-refractivity contribution in [1.29, 1.82) is 0 Å². The van der Waals surface area contributed by atoms with Gasteiger partial charge in [-0.25, -0.2) is 4.79 Å². The maximum atomic E-state index is 12.5. The molecule has 0 aliphatic heterocycles. The van der Waals surface area contributed by atoms with E-state index in [9.17, 15) is 9.59 Å². The number of hydrogen-bond acceptors (Lipinski definition) is 6. The highest BCUT2D eigenvalue weighted by atomic mass is 16.5. The van der Waals surface area contributed by atoms with Gasteiger partial charge in [0.25, 0.3) is 5.91 Å². The van der Waals surface area contributed by atoms with Crippen LogP contribution < -0.4 is 4.90 Å². The number of amides is 1. The fourth-order valence-electron chi connectivity index (χ4n) is 2.14. The van der Waals surface area contributed by atoms with Gasteiger partial charge in [0, 0.05) is 13.0 Å². The molecule has 2 aromatic heterocycles. The van der Waals surface area contributed by atoms with Gasteiger partial charge in [0.1, 0.15) is 12.0 Å². The van der Waals surface area contributed by atoms with Crippen LogP contribution in [-0.2, 0) is 4.74 Å². The van der Waals surface area contributed by atoms with Crippen LogP contribution in [0.15, 0.2) is 27.4 Å². The van der Waals surface area contributed by atoms with E-state index in [2.05, 4.69) is 4.98 Å². The number of furan rings is 1. The van der Waals surface area contributed by atoms with Gasteiger partial charge in [0.15, 0.2) is 5.69 Å². The van der Waals surface area contributed by atoms with Crippen molar-refractivity contribution in [3.63, 3.8) is 0 Å². The van der Waals surface area contributed by atoms with E-state index in [4.69, 9.17) is 13.6 Å². The van der Waals surface area contributed by atoms with Gasteiger partial charge < -0.3 is 13.6 Å². The monoisotopic (exact) mass is 304 g/mol. The van der Waals surface area contributed by atoms with Crippen molar-refractivity contribution >= 4 is 17.9 Å². The largest absolute Gasteiger partial charge is 0.468 e. The molecule has 0 radical (unpaired) electrons. The summed E-state index contributed by atoms with van der Waals surface area (Å²) in [4.78, 5) is 29.3. The molecule has 3 rings (SSSR count). The van der Waals surface area contributed by atoms with Crippen LogP contribution in [0.25, 0.3) is 0 Å². The van der Waals surface area contributed by atoms with Crippen molar-refractivity contribution in [1.82, 2.24) is 4.98 Å². The summed E-state index contributed by atoms with van der Waals surface area (Å²) in [6.45, 7) is 1.95. The average Bonchev–Trinajstić information content (AvgIpc) is 3.05. The molecule has 22 heavy (non-hydrogen) atoms. The number of ether oxygens (including phenoxy) is 1. The summed E-state index contributed by atoms with van der Waals surface area (Å²) in [7, 11) is 1.53. The summed E-state index contributed by atoms with van der Waals surface area (Å²) < 4.78 is 15.4. The van der Waals surface area contributed by atoms with Gasteiger partial charge in [0.05, 0.1) is 18.4 Å². The Labute approximate surface area is 126 Å². The van der Waals surface area contributed by atoms with Crippen LogP contribution in [-0.4, -0.2) is 30.5 Å². The molecule has 7 heteroatoms. The molecule has 116 valence electrons. The number of nitrogens with zero attached hydrogens (tertiary/aromatic N) is 2. The molecular weight excluding hydrogens is 288 g/mol. The van der Waals surface area contributed by atoms with Crippen LogP contribution in [0.5, 0.6) is 0 Å². The first-order chi connectivity index (χ1) is 10.6. The normalized spacial score (nSPS) is 13.9. The zero-order chi connectivity index (χ0) is 15.7. The van der Waals surface area contributed by atoms with E-state index in [0.29, 0.717) is 17.2 Å². The highest BCUT2D eigenvalue weighted by Crippen LogP contribution is 2.42. The molecular formula is C15H16N2O5. The Kier molecular flexibility index (Phi) is 3.70. The number of esters is 1. The number of aromatic nitrogens is 1. The molecule has 1 aliphatic carbocycles. The lowest BCUT2D eigenvalue weighted by molar-refractivity contribution is 0.0519. The second-order valence-corrected chi connectivity index (χ2v) is 5.07.